The van der Waals surface area contributed by atoms with Gasteiger partial charge in [0.1, 0.15) is 5.58 Å². The van der Waals surface area contributed by atoms with Gasteiger partial charge in [-0.25, -0.2) is 0 Å². The highest BCUT2D eigenvalue weighted by Crippen LogP contribution is 2.52. The highest BCUT2D eigenvalue weighted by Gasteiger charge is 2.45. The van der Waals surface area contributed by atoms with Crippen LogP contribution in [-0.2, 0) is 10.8 Å². The first-order valence-electron chi connectivity index (χ1n) is 21.8. The van der Waals surface area contributed by atoms with Gasteiger partial charge in [0.15, 0.2) is 5.58 Å². The first kappa shape index (κ1) is 35.3. The van der Waals surface area contributed by atoms with Crippen LogP contribution in [0.4, 0.5) is 17.1 Å². The normalized spacial score (nSPS) is 13.9. The third-order valence-corrected chi connectivity index (χ3v) is 16.3. The molecule has 4 aromatic heterocycles. The number of hydrogen-bond acceptors (Lipinski definition) is 4. The van der Waals surface area contributed by atoms with E-state index in [2.05, 4.69) is 190 Å². The number of anilines is 3. The fraction of sp³-hybridized carbons (Fsp3) is 0.143. The summed E-state index contributed by atoms with van der Waals surface area (Å²) in [4.78, 5) is 2.58. The first-order chi connectivity index (χ1) is 30.0. The average molecular weight is 833 g/mol. The smallest absolute Gasteiger partial charge is 0.333 e. The van der Waals surface area contributed by atoms with Crippen LogP contribution in [0.15, 0.2) is 144 Å². The molecule has 3 nitrogen and oxygen atoms in total. The molecule has 0 amide bonds. The van der Waals surface area contributed by atoms with Gasteiger partial charge in [-0.05, 0) is 117 Å². The fourth-order valence-electron chi connectivity index (χ4n) is 11.0. The monoisotopic (exact) mass is 832 g/mol. The maximum absolute atomic E-state index is 7.19. The van der Waals surface area contributed by atoms with E-state index in [0.29, 0.717) is 0 Å². The summed E-state index contributed by atoms with van der Waals surface area (Å²) >= 11 is 3.78. The summed E-state index contributed by atoms with van der Waals surface area (Å²) in [6, 6.07) is 53.3. The summed E-state index contributed by atoms with van der Waals surface area (Å²) in [6.45, 7) is 14.0. The molecule has 62 heavy (non-hydrogen) atoms. The number of furan rings is 1. The van der Waals surface area contributed by atoms with Crippen LogP contribution in [0.2, 0.25) is 0 Å². The van der Waals surface area contributed by atoms with Crippen LogP contribution in [0.1, 0.15) is 52.7 Å². The lowest BCUT2D eigenvalue weighted by molar-refractivity contribution is 0.590. The third kappa shape index (κ3) is 4.56. The van der Waals surface area contributed by atoms with Crippen molar-refractivity contribution in [3.05, 3.63) is 151 Å². The number of hydrogen-bond donors (Lipinski definition) is 0. The van der Waals surface area contributed by atoms with Crippen molar-refractivity contribution in [1.29, 1.82) is 0 Å². The number of thiophene rings is 2. The molecule has 0 bridgehead atoms. The van der Waals surface area contributed by atoms with Crippen LogP contribution in [0.25, 0.3) is 95.2 Å². The van der Waals surface area contributed by atoms with Crippen LogP contribution < -0.4 is 15.8 Å². The maximum atomic E-state index is 7.19. The van der Waals surface area contributed by atoms with Crippen molar-refractivity contribution in [1.82, 2.24) is 4.48 Å². The summed E-state index contributed by atoms with van der Waals surface area (Å²) in [6.07, 6.45) is 0. The van der Waals surface area contributed by atoms with Crippen LogP contribution in [0.3, 0.4) is 0 Å². The molecular weight excluding hydrogens is 792 g/mol. The maximum Gasteiger partial charge on any atom is 0.333 e. The Kier molecular flexibility index (Phi) is 6.70. The molecule has 6 heteroatoms. The van der Waals surface area contributed by atoms with Gasteiger partial charge in [0.25, 0.3) is 0 Å². The number of rotatable bonds is 1. The third-order valence-electron chi connectivity index (χ3n) is 14.0. The molecule has 0 saturated heterocycles. The SMILES string of the molecule is CC(C)(C)c1ccc2c(c1)c1cc(C(C)(C)C)cc3c1n2B1c2cc4sc5ccccc5c4cc2N(c2ccc4sc5ccccc5c4c2)c2c1c-3cc1c2oc2ccccc21. The van der Waals surface area contributed by atoms with Gasteiger partial charge in [-0.1, -0.05) is 102 Å². The molecule has 0 radical (unpaired) electrons. The van der Waals surface area contributed by atoms with Crippen molar-refractivity contribution < 1.29 is 4.42 Å². The Morgan fingerprint density at radius 3 is 1.92 bits per heavy atom. The molecule has 6 heterocycles. The molecule has 0 saturated carbocycles. The van der Waals surface area contributed by atoms with Crippen LogP contribution in [-0.4, -0.2) is 11.3 Å². The van der Waals surface area contributed by atoms with E-state index in [0.717, 1.165) is 33.3 Å². The largest absolute Gasteiger partial charge is 0.454 e. The molecule has 2 aliphatic heterocycles. The van der Waals surface area contributed by atoms with Crippen molar-refractivity contribution in [3.8, 4) is 11.1 Å². The van der Waals surface area contributed by atoms with E-state index in [9.17, 15) is 0 Å². The summed E-state index contributed by atoms with van der Waals surface area (Å²) in [5.74, 6) is 0. The van der Waals surface area contributed by atoms with Gasteiger partial charge in [-0.15, -0.1) is 22.7 Å². The fourth-order valence-corrected chi connectivity index (χ4v) is 13.2. The van der Waals surface area contributed by atoms with Crippen molar-refractivity contribution in [3.63, 3.8) is 0 Å². The zero-order chi connectivity index (χ0) is 41.6. The van der Waals surface area contributed by atoms with Gasteiger partial charge in [0.2, 0.25) is 0 Å². The standard InChI is InChI=1S/C56H41BN2OS2/c1-55(2,3)30-19-21-44-36(23-30)40-24-31(56(4,5)6)25-41-39-27-42-33-13-7-10-16-46(33)60-54(42)53-51(39)57(59(44)52(40)41)43-29-50-38(35-15-9-12-18-48(35)62-50)28-45(43)58(53)32-20-22-49-37(26-32)34-14-8-11-17-47(34)61-49/h7-29H,1-6H3. The first-order valence-corrected chi connectivity index (χ1v) is 23.4. The molecule has 0 unspecified atom stereocenters. The van der Waals surface area contributed by atoms with Crippen LogP contribution in [0.5, 0.6) is 0 Å². The topological polar surface area (TPSA) is 21.3 Å². The van der Waals surface area contributed by atoms with Crippen LogP contribution >= 0.6 is 22.7 Å². The Morgan fingerprint density at radius 1 is 0.500 bits per heavy atom. The minimum atomic E-state index is -0.0994. The van der Waals surface area contributed by atoms with Gasteiger partial charge >= 0.3 is 6.85 Å². The Bertz CT molecular complexity index is 3980. The van der Waals surface area contributed by atoms with E-state index in [4.69, 9.17) is 4.42 Å². The van der Waals surface area contributed by atoms with Gasteiger partial charge in [0, 0.05) is 89.9 Å². The minimum absolute atomic E-state index is 0.00846. The summed E-state index contributed by atoms with van der Waals surface area (Å²) in [7, 11) is 0. The highest BCUT2D eigenvalue weighted by atomic mass is 32.1. The number of para-hydroxylation sites is 1. The second-order valence-corrected chi connectivity index (χ2v) is 21.9. The van der Waals surface area contributed by atoms with E-state index in [1.54, 1.807) is 0 Å². The molecule has 2 aliphatic rings. The lowest BCUT2D eigenvalue weighted by Crippen LogP contribution is -2.56. The molecule has 0 fully saturated rings. The lowest BCUT2D eigenvalue weighted by atomic mass is 9.45. The van der Waals surface area contributed by atoms with E-state index in [-0.39, 0.29) is 17.7 Å². The average Bonchev–Trinajstić information content (AvgIpc) is 4.02. The number of benzene rings is 8. The zero-order valence-electron chi connectivity index (χ0n) is 35.5. The molecule has 0 spiro atoms. The van der Waals surface area contributed by atoms with Crippen molar-refractivity contribution >= 4 is 142 Å². The molecule has 296 valence electrons. The van der Waals surface area contributed by atoms with Crippen molar-refractivity contribution in [2.45, 2.75) is 52.4 Å². The Balaban J connectivity index is 1.21. The summed E-state index contributed by atoms with van der Waals surface area (Å²) in [5, 5.41) is 10.1. The summed E-state index contributed by atoms with van der Waals surface area (Å²) in [5.41, 5.74) is 15.8. The molecule has 0 atom stereocenters. The second-order valence-electron chi connectivity index (χ2n) is 19.7. The van der Waals surface area contributed by atoms with Gasteiger partial charge < -0.3 is 13.8 Å². The predicted octanol–water partition coefficient (Wildman–Crippen LogP) is 15.4. The van der Waals surface area contributed by atoms with Gasteiger partial charge in [-0.3, -0.25) is 0 Å². The second kappa shape index (κ2) is 11.8. The lowest BCUT2D eigenvalue weighted by Gasteiger charge is -2.40. The van der Waals surface area contributed by atoms with Gasteiger partial charge in [0.05, 0.1) is 5.69 Å². The number of aromatic nitrogens is 1. The Hall–Kier alpha value is -6.34. The number of nitrogens with zero attached hydrogens (tertiary/aromatic N) is 2. The molecular formula is C56H41BN2OS2. The predicted molar refractivity (Wildman–Crippen MR) is 270 cm³/mol. The van der Waals surface area contributed by atoms with Gasteiger partial charge in [-0.2, -0.15) is 0 Å². The molecule has 12 aromatic rings. The quantitative estimate of drug-likeness (QED) is 0.154. The van der Waals surface area contributed by atoms with E-state index in [1.165, 1.54) is 101 Å². The highest BCUT2D eigenvalue weighted by molar-refractivity contribution is 7.26. The van der Waals surface area contributed by atoms with Crippen molar-refractivity contribution in [2.75, 3.05) is 4.90 Å². The Labute approximate surface area is 367 Å². The number of fused-ring (bicyclic) bond motifs is 17. The zero-order valence-corrected chi connectivity index (χ0v) is 37.1. The Morgan fingerprint density at radius 2 is 1.16 bits per heavy atom. The molecule has 8 aromatic carbocycles. The molecule has 0 aliphatic carbocycles. The molecule has 14 rings (SSSR count). The van der Waals surface area contributed by atoms with E-state index in [1.807, 2.05) is 22.7 Å². The molecule has 0 N–H and O–H groups in total. The van der Waals surface area contributed by atoms with Crippen LogP contribution in [0, 0.1) is 0 Å². The summed E-state index contributed by atoms with van der Waals surface area (Å²) < 4.78 is 15.1. The van der Waals surface area contributed by atoms with E-state index >= 15 is 0 Å². The van der Waals surface area contributed by atoms with Crippen molar-refractivity contribution in [2.24, 2.45) is 0 Å². The van der Waals surface area contributed by atoms with E-state index < -0.39 is 0 Å². The minimum Gasteiger partial charge on any atom is -0.454 e.